The minimum absolute atomic E-state index is 0. The van der Waals surface area contributed by atoms with Gasteiger partial charge in [-0.3, -0.25) is 19.5 Å². The highest BCUT2D eigenvalue weighted by molar-refractivity contribution is 14.0. The van der Waals surface area contributed by atoms with Crippen LogP contribution >= 0.6 is 24.0 Å². The number of guanidine groups is 1. The van der Waals surface area contributed by atoms with Gasteiger partial charge in [0, 0.05) is 31.2 Å². The number of halogens is 1. The highest BCUT2D eigenvalue weighted by Gasteiger charge is 2.34. The molecule has 2 aromatic carbocycles. The van der Waals surface area contributed by atoms with Crippen LogP contribution in [0.25, 0.3) is 10.9 Å². The molecule has 0 unspecified atom stereocenters. The second-order valence-electron chi connectivity index (χ2n) is 7.62. The molecule has 172 valence electrons. The maximum absolute atomic E-state index is 12.4. The molecule has 0 aliphatic carbocycles. The van der Waals surface area contributed by atoms with E-state index in [-0.39, 0.29) is 35.8 Å². The van der Waals surface area contributed by atoms with Gasteiger partial charge in [-0.2, -0.15) is 0 Å². The van der Waals surface area contributed by atoms with Crippen LogP contribution < -0.4 is 10.6 Å². The smallest absolute Gasteiger partial charge is 0.261 e. The van der Waals surface area contributed by atoms with E-state index in [1.807, 2.05) is 37.4 Å². The fraction of sp³-hybridized carbons (Fsp3) is 0.280. The summed E-state index contributed by atoms with van der Waals surface area (Å²) in [7, 11) is 0. The second-order valence-corrected chi connectivity index (χ2v) is 7.62. The number of aliphatic imine (C=N–C) groups is 1. The van der Waals surface area contributed by atoms with Gasteiger partial charge >= 0.3 is 0 Å². The Labute approximate surface area is 210 Å². The minimum atomic E-state index is -0.196. The van der Waals surface area contributed by atoms with Crippen molar-refractivity contribution in [1.29, 1.82) is 0 Å². The minimum Gasteiger partial charge on any atom is -0.357 e. The van der Waals surface area contributed by atoms with Gasteiger partial charge in [0.2, 0.25) is 0 Å². The lowest BCUT2D eigenvalue weighted by Gasteiger charge is -2.15. The fourth-order valence-corrected chi connectivity index (χ4v) is 3.84. The molecule has 0 saturated heterocycles. The van der Waals surface area contributed by atoms with E-state index in [9.17, 15) is 9.59 Å². The number of carbonyl (C=O) groups is 2. The molecule has 0 spiro atoms. The Kier molecular flexibility index (Phi) is 8.76. The molecular weight excluding hydrogens is 529 g/mol. The van der Waals surface area contributed by atoms with E-state index in [2.05, 4.69) is 21.7 Å². The zero-order chi connectivity index (χ0) is 22.3. The number of unbranched alkanes of at least 4 members (excludes halogenated alkanes) is 1. The molecule has 0 atom stereocenters. The van der Waals surface area contributed by atoms with E-state index >= 15 is 0 Å². The summed E-state index contributed by atoms with van der Waals surface area (Å²) in [6.07, 6.45) is 3.36. The monoisotopic (exact) mass is 557 g/mol. The number of para-hydroxylation sites is 1. The maximum Gasteiger partial charge on any atom is 0.261 e. The molecule has 33 heavy (non-hydrogen) atoms. The van der Waals surface area contributed by atoms with E-state index in [0.29, 0.717) is 30.8 Å². The Morgan fingerprint density at radius 1 is 0.939 bits per heavy atom. The zero-order valence-corrected chi connectivity index (χ0v) is 20.9. The summed E-state index contributed by atoms with van der Waals surface area (Å²) in [4.78, 5) is 35.3. The molecule has 1 aliphatic heterocycles. The number of hydrogen-bond donors (Lipinski definition) is 2. The lowest BCUT2D eigenvalue weighted by molar-refractivity contribution is 0.0652. The Balaban J connectivity index is 0.00000306. The van der Waals surface area contributed by atoms with Crippen LogP contribution in [0, 0.1) is 0 Å². The molecule has 4 rings (SSSR count). The average molecular weight is 557 g/mol. The number of aromatic nitrogens is 1. The lowest BCUT2D eigenvalue weighted by atomic mass is 10.1. The summed E-state index contributed by atoms with van der Waals surface area (Å²) in [5.41, 5.74) is 3.09. The normalized spacial score (nSPS) is 13.1. The SMILES string of the molecule is CCNC(=NCc1ccnc2ccccc12)NCCCCN1C(=O)c2ccccc2C1=O.I. The summed E-state index contributed by atoms with van der Waals surface area (Å²) >= 11 is 0. The van der Waals surface area contributed by atoms with E-state index in [0.717, 1.165) is 41.8 Å². The number of nitrogens with one attached hydrogen (secondary N) is 2. The van der Waals surface area contributed by atoms with Gasteiger partial charge in [0.25, 0.3) is 11.8 Å². The average Bonchev–Trinajstić information content (AvgIpc) is 3.07. The van der Waals surface area contributed by atoms with Crippen molar-refractivity contribution >= 4 is 52.7 Å². The first-order valence-electron chi connectivity index (χ1n) is 11.0. The van der Waals surface area contributed by atoms with Crippen LogP contribution in [0.15, 0.2) is 65.8 Å². The van der Waals surface area contributed by atoms with Crippen LogP contribution in [-0.2, 0) is 6.54 Å². The van der Waals surface area contributed by atoms with Crippen LogP contribution in [0.4, 0.5) is 0 Å². The number of hydrogen-bond acceptors (Lipinski definition) is 4. The molecule has 7 nitrogen and oxygen atoms in total. The standard InChI is InChI=1S/C25H27N5O2.HI/c1-2-26-25(29-17-18-13-15-27-22-12-6-5-9-19(18)22)28-14-7-8-16-30-23(31)20-10-3-4-11-21(20)24(30)32;/h3-6,9-13,15H,2,7-8,14,16-17H2,1H3,(H2,26,28,29);1H. The van der Waals surface area contributed by atoms with Gasteiger partial charge < -0.3 is 10.6 Å². The predicted molar refractivity (Wildman–Crippen MR) is 141 cm³/mol. The van der Waals surface area contributed by atoms with Crippen molar-refractivity contribution < 1.29 is 9.59 Å². The second kappa shape index (κ2) is 11.7. The largest absolute Gasteiger partial charge is 0.357 e. The number of amides is 2. The van der Waals surface area contributed by atoms with Gasteiger partial charge in [0.15, 0.2) is 5.96 Å². The molecule has 0 fully saturated rings. The molecule has 0 radical (unpaired) electrons. The first-order valence-corrected chi connectivity index (χ1v) is 11.0. The van der Waals surface area contributed by atoms with Crippen molar-refractivity contribution in [3.05, 3.63) is 77.5 Å². The van der Waals surface area contributed by atoms with Gasteiger partial charge in [0.05, 0.1) is 23.2 Å². The van der Waals surface area contributed by atoms with Gasteiger partial charge in [0.1, 0.15) is 0 Å². The van der Waals surface area contributed by atoms with Crippen LogP contribution in [0.2, 0.25) is 0 Å². The summed E-state index contributed by atoms with van der Waals surface area (Å²) in [6.45, 7) is 4.46. The van der Waals surface area contributed by atoms with Crippen molar-refractivity contribution in [1.82, 2.24) is 20.5 Å². The summed E-state index contributed by atoms with van der Waals surface area (Å²) in [5, 5.41) is 7.71. The van der Waals surface area contributed by atoms with Crippen molar-refractivity contribution in [2.24, 2.45) is 4.99 Å². The lowest BCUT2D eigenvalue weighted by Crippen LogP contribution is -2.38. The van der Waals surface area contributed by atoms with Crippen molar-refractivity contribution in [3.8, 4) is 0 Å². The van der Waals surface area contributed by atoms with E-state index in [1.165, 1.54) is 4.90 Å². The third kappa shape index (κ3) is 5.68. The molecule has 2 N–H and O–H groups in total. The van der Waals surface area contributed by atoms with Gasteiger partial charge in [-0.25, -0.2) is 4.99 Å². The van der Waals surface area contributed by atoms with Crippen LogP contribution in [0.3, 0.4) is 0 Å². The molecule has 0 bridgehead atoms. The van der Waals surface area contributed by atoms with Gasteiger partial charge in [-0.1, -0.05) is 30.3 Å². The topological polar surface area (TPSA) is 86.7 Å². The van der Waals surface area contributed by atoms with Crippen molar-refractivity contribution in [2.45, 2.75) is 26.3 Å². The molecule has 2 heterocycles. The number of imide groups is 1. The van der Waals surface area contributed by atoms with Gasteiger partial charge in [-0.15, -0.1) is 24.0 Å². The Bertz CT molecular complexity index is 1120. The highest BCUT2D eigenvalue weighted by Crippen LogP contribution is 2.22. The van der Waals surface area contributed by atoms with Crippen LogP contribution in [0.5, 0.6) is 0 Å². The van der Waals surface area contributed by atoms with Crippen molar-refractivity contribution in [2.75, 3.05) is 19.6 Å². The van der Waals surface area contributed by atoms with Crippen LogP contribution in [-0.4, -0.2) is 47.3 Å². The number of fused-ring (bicyclic) bond motifs is 2. The molecule has 1 aliphatic rings. The summed E-state index contributed by atoms with van der Waals surface area (Å²) < 4.78 is 0. The molecule has 2 amide bonds. The fourth-order valence-electron chi connectivity index (χ4n) is 3.84. The number of carbonyl (C=O) groups excluding carboxylic acids is 2. The van der Waals surface area contributed by atoms with Crippen LogP contribution in [0.1, 0.15) is 46.0 Å². The predicted octanol–water partition coefficient (Wildman–Crippen LogP) is 3.98. The van der Waals surface area contributed by atoms with E-state index in [4.69, 9.17) is 4.99 Å². The highest BCUT2D eigenvalue weighted by atomic mass is 127. The summed E-state index contributed by atoms with van der Waals surface area (Å²) in [5.74, 6) is 0.352. The number of pyridine rings is 1. The van der Waals surface area contributed by atoms with E-state index < -0.39 is 0 Å². The summed E-state index contributed by atoms with van der Waals surface area (Å²) in [6, 6.07) is 17.0. The number of benzene rings is 2. The molecule has 0 saturated carbocycles. The first-order chi connectivity index (χ1) is 15.7. The molecule has 8 heteroatoms. The van der Waals surface area contributed by atoms with Gasteiger partial charge in [-0.05, 0) is 49.6 Å². The van der Waals surface area contributed by atoms with Crippen molar-refractivity contribution in [3.63, 3.8) is 0 Å². The van der Waals surface area contributed by atoms with E-state index in [1.54, 1.807) is 24.3 Å². The molecule has 3 aromatic rings. The molecular formula is C25H28IN5O2. The third-order valence-corrected chi connectivity index (χ3v) is 5.47. The number of rotatable bonds is 8. The third-order valence-electron chi connectivity index (χ3n) is 5.47. The maximum atomic E-state index is 12.4. The number of nitrogens with zero attached hydrogens (tertiary/aromatic N) is 3. The molecule has 1 aromatic heterocycles. The zero-order valence-electron chi connectivity index (χ0n) is 18.6. The Morgan fingerprint density at radius 2 is 1.64 bits per heavy atom. The Hall–Kier alpha value is -3.01. The first kappa shape index (κ1) is 24.6. The Morgan fingerprint density at radius 3 is 2.36 bits per heavy atom. The quantitative estimate of drug-likeness (QED) is 0.144.